The van der Waals surface area contributed by atoms with Crippen LogP contribution in [0.1, 0.15) is 28.4 Å². The summed E-state index contributed by atoms with van der Waals surface area (Å²) in [5.41, 5.74) is 1.83. The molecule has 0 spiro atoms. The first-order chi connectivity index (χ1) is 13.8. The van der Waals surface area contributed by atoms with Gasteiger partial charge in [-0.3, -0.25) is 9.79 Å². The van der Waals surface area contributed by atoms with Gasteiger partial charge in [0.25, 0.3) is 5.91 Å². The van der Waals surface area contributed by atoms with Gasteiger partial charge in [-0.15, -0.1) is 13.2 Å². The summed E-state index contributed by atoms with van der Waals surface area (Å²) in [6.45, 7) is 2.93. The number of nitrogens with zero attached hydrogens (tertiary/aromatic N) is 1. The van der Waals surface area contributed by atoms with E-state index in [1.54, 1.807) is 31.3 Å². The van der Waals surface area contributed by atoms with Crippen molar-refractivity contribution in [2.45, 2.75) is 26.4 Å². The van der Waals surface area contributed by atoms with E-state index in [2.05, 4.69) is 25.7 Å². The fourth-order valence-corrected chi connectivity index (χ4v) is 2.50. The first kappa shape index (κ1) is 22.1. The van der Waals surface area contributed by atoms with Crippen molar-refractivity contribution in [2.75, 3.05) is 13.6 Å². The predicted molar refractivity (Wildman–Crippen MR) is 105 cm³/mol. The van der Waals surface area contributed by atoms with Crippen LogP contribution in [0.25, 0.3) is 0 Å². The molecule has 156 valence electrons. The van der Waals surface area contributed by atoms with Crippen LogP contribution < -0.4 is 20.7 Å². The number of halogens is 3. The van der Waals surface area contributed by atoms with Gasteiger partial charge in [0.1, 0.15) is 5.75 Å². The number of guanidine groups is 1. The number of aliphatic imine (C=N–C) groups is 1. The summed E-state index contributed by atoms with van der Waals surface area (Å²) in [5.74, 6) is 0.0211. The molecule has 3 N–H and O–H groups in total. The van der Waals surface area contributed by atoms with Gasteiger partial charge in [-0.25, -0.2) is 0 Å². The van der Waals surface area contributed by atoms with Crippen LogP contribution in [0.4, 0.5) is 13.2 Å². The van der Waals surface area contributed by atoms with Crippen LogP contribution in [0.3, 0.4) is 0 Å². The van der Waals surface area contributed by atoms with Gasteiger partial charge in [0.05, 0.1) is 0 Å². The zero-order valence-corrected chi connectivity index (χ0v) is 16.1. The molecule has 2 aromatic rings. The zero-order chi connectivity index (χ0) is 21.3. The van der Waals surface area contributed by atoms with Crippen LogP contribution in [-0.2, 0) is 13.1 Å². The smallest absolute Gasteiger partial charge is 0.405 e. The summed E-state index contributed by atoms with van der Waals surface area (Å²) >= 11 is 0. The van der Waals surface area contributed by atoms with Gasteiger partial charge in [-0.1, -0.05) is 30.3 Å². The number of benzene rings is 2. The molecule has 0 aliphatic rings. The molecule has 2 rings (SSSR count). The highest BCUT2D eigenvalue weighted by Gasteiger charge is 2.31. The molecule has 29 heavy (non-hydrogen) atoms. The predicted octanol–water partition coefficient (Wildman–Crippen LogP) is 3.20. The van der Waals surface area contributed by atoms with Gasteiger partial charge in [-0.05, 0) is 30.7 Å². The topological polar surface area (TPSA) is 74.8 Å². The molecule has 0 atom stereocenters. The fraction of sp³-hybridized carbons (Fsp3) is 0.300. The lowest BCUT2D eigenvalue weighted by Gasteiger charge is -2.15. The van der Waals surface area contributed by atoms with Crippen molar-refractivity contribution in [1.82, 2.24) is 16.0 Å². The second kappa shape index (κ2) is 10.4. The van der Waals surface area contributed by atoms with Crippen molar-refractivity contribution >= 4 is 11.9 Å². The lowest BCUT2D eigenvalue weighted by molar-refractivity contribution is -0.274. The fourth-order valence-electron chi connectivity index (χ4n) is 2.50. The maximum Gasteiger partial charge on any atom is 0.573 e. The van der Waals surface area contributed by atoms with E-state index in [1.807, 2.05) is 19.1 Å². The van der Waals surface area contributed by atoms with Crippen molar-refractivity contribution < 1.29 is 22.7 Å². The number of para-hydroxylation sites is 1. The molecule has 0 saturated heterocycles. The zero-order valence-electron chi connectivity index (χ0n) is 16.1. The van der Waals surface area contributed by atoms with E-state index < -0.39 is 6.36 Å². The number of ether oxygens (including phenoxy) is 1. The molecule has 0 bridgehead atoms. The molecule has 9 heteroatoms. The number of carbonyl (C=O) groups excluding carboxylic acids is 1. The number of hydrogen-bond donors (Lipinski definition) is 3. The van der Waals surface area contributed by atoms with Crippen molar-refractivity contribution in [2.24, 2.45) is 4.99 Å². The van der Waals surface area contributed by atoms with Crippen LogP contribution in [0.5, 0.6) is 5.75 Å². The number of amides is 1. The van der Waals surface area contributed by atoms with Gasteiger partial charge >= 0.3 is 6.36 Å². The van der Waals surface area contributed by atoms with Crippen molar-refractivity contribution in [3.05, 3.63) is 65.2 Å². The highest BCUT2D eigenvalue weighted by Crippen LogP contribution is 2.26. The van der Waals surface area contributed by atoms with Crippen LogP contribution in [0, 0.1) is 0 Å². The molecule has 1 amide bonds. The Labute approximate surface area is 167 Å². The Hall–Kier alpha value is -3.23. The van der Waals surface area contributed by atoms with E-state index in [4.69, 9.17) is 0 Å². The second-order valence-electron chi connectivity index (χ2n) is 5.99. The second-order valence-corrected chi connectivity index (χ2v) is 5.99. The molecular weight excluding hydrogens is 385 g/mol. The highest BCUT2D eigenvalue weighted by atomic mass is 19.4. The number of alkyl halides is 3. The van der Waals surface area contributed by atoms with E-state index in [0.29, 0.717) is 30.2 Å². The molecule has 0 radical (unpaired) electrons. The maximum atomic E-state index is 12.5. The summed E-state index contributed by atoms with van der Waals surface area (Å²) in [4.78, 5) is 15.8. The minimum absolute atomic E-state index is 0.0993. The van der Waals surface area contributed by atoms with Crippen LogP contribution in [0.15, 0.2) is 53.5 Å². The number of rotatable bonds is 7. The molecule has 0 aliphatic heterocycles. The quantitative estimate of drug-likeness (QED) is 0.486. The Balaban J connectivity index is 1.91. The van der Waals surface area contributed by atoms with E-state index in [1.165, 1.54) is 12.1 Å². The largest absolute Gasteiger partial charge is 0.573 e. The number of carbonyl (C=O) groups is 1. The Morgan fingerprint density at radius 3 is 2.28 bits per heavy atom. The van der Waals surface area contributed by atoms with Crippen LogP contribution in [0.2, 0.25) is 0 Å². The first-order valence-corrected chi connectivity index (χ1v) is 8.97. The molecule has 0 aliphatic carbocycles. The van der Waals surface area contributed by atoms with Gasteiger partial charge in [0, 0.05) is 37.8 Å². The van der Waals surface area contributed by atoms with Gasteiger partial charge in [0.15, 0.2) is 5.96 Å². The summed E-state index contributed by atoms with van der Waals surface area (Å²) in [6.07, 6.45) is -4.75. The maximum absolute atomic E-state index is 12.5. The summed E-state index contributed by atoms with van der Waals surface area (Å²) in [5, 5.41) is 8.76. The Morgan fingerprint density at radius 2 is 1.66 bits per heavy atom. The monoisotopic (exact) mass is 408 g/mol. The number of nitrogens with one attached hydrogen (secondary N) is 3. The van der Waals surface area contributed by atoms with Gasteiger partial charge in [-0.2, -0.15) is 0 Å². The third kappa shape index (κ3) is 7.36. The Bertz CT molecular complexity index is 836. The van der Waals surface area contributed by atoms with Crippen LogP contribution >= 0.6 is 0 Å². The molecule has 0 fully saturated rings. The van der Waals surface area contributed by atoms with Crippen molar-refractivity contribution in [1.29, 1.82) is 0 Å². The molecule has 0 aromatic heterocycles. The lowest BCUT2D eigenvalue weighted by Crippen LogP contribution is -2.36. The third-order valence-corrected chi connectivity index (χ3v) is 3.88. The molecule has 0 saturated carbocycles. The van der Waals surface area contributed by atoms with E-state index in [0.717, 1.165) is 5.56 Å². The standard InChI is InChI=1S/C20H23F3N4O2/c1-3-25-18(28)15-10-8-14(9-11-15)12-26-19(24-2)27-13-16-6-4-5-7-17(16)29-20(21,22)23/h4-11H,3,12-13H2,1-2H3,(H,25,28)(H2,24,26,27). The molecule has 6 nitrogen and oxygen atoms in total. The Morgan fingerprint density at radius 1 is 1.00 bits per heavy atom. The number of hydrogen-bond acceptors (Lipinski definition) is 3. The minimum Gasteiger partial charge on any atom is -0.405 e. The third-order valence-electron chi connectivity index (χ3n) is 3.88. The lowest BCUT2D eigenvalue weighted by atomic mass is 10.1. The highest BCUT2D eigenvalue weighted by molar-refractivity contribution is 5.94. The molecular formula is C20H23F3N4O2. The van der Waals surface area contributed by atoms with E-state index >= 15 is 0 Å². The first-order valence-electron chi connectivity index (χ1n) is 8.97. The van der Waals surface area contributed by atoms with Crippen molar-refractivity contribution in [3.8, 4) is 5.75 Å². The van der Waals surface area contributed by atoms with Crippen LogP contribution in [-0.4, -0.2) is 31.8 Å². The summed E-state index contributed by atoms with van der Waals surface area (Å²) in [6, 6.07) is 13.0. The SMILES string of the molecule is CCNC(=O)c1ccc(CNC(=NC)NCc2ccccc2OC(F)(F)F)cc1. The van der Waals surface area contributed by atoms with E-state index in [-0.39, 0.29) is 18.2 Å². The van der Waals surface area contributed by atoms with Gasteiger partial charge < -0.3 is 20.7 Å². The minimum atomic E-state index is -4.75. The van der Waals surface area contributed by atoms with E-state index in [9.17, 15) is 18.0 Å². The molecule has 2 aromatic carbocycles. The van der Waals surface area contributed by atoms with Crippen molar-refractivity contribution in [3.63, 3.8) is 0 Å². The summed E-state index contributed by atoms with van der Waals surface area (Å²) < 4.78 is 41.6. The van der Waals surface area contributed by atoms with Gasteiger partial charge in [0.2, 0.25) is 0 Å². The average molecular weight is 408 g/mol. The summed E-state index contributed by atoms with van der Waals surface area (Å²) in [7, 11) is 1.56. The molecule has 0 unspecified atom stereocenters. The molecule has 0 heterocycles. The Kier molecular flexibility index (Phi) is 7.88. The average Bonchev–Trinajstić information content (AvgIpc) is 2.68. The normalized spacial score (nSPS) is 11.7.